The van der Waals surface area contributed by atoms with Crippen molar-refractivity contribution in [3.05, 3.63) is 29.5 Å². The van der Waals surface area contributed by atoms with E-state index in [4.69, 9.17) is 4.74 Å². The number of fused-ring (bicyclic) bond motifs is 1. The molecule has 2 rings (SSSR count). The highest BCUT2D eigenvalue weighted by Gasteiger charge is 2.12. The van der Waals surface area contributed by atoms with Crippen LogP contribution >= 0.6 is 0 Å². The monoisotopic (exact) mass is 231 g/mol. The Morgan fingerprint density at radius 3 is 2.65 bits per heavy atom. The Kier molecular flexibility index (Phi) is 2.92. The molecule has 0 radical (unpaired) electrons. The van der Waals surface area contributed by atoms with Crippen molar-refractivity contribution in [1.29, 1.82) is 0 Å². The predicted octanol–water partition coefficient (Wildman–Crippen LogP) is 3.32. The molecular formula is C14H17NO2. The van der Waals surface area contributed by atoms with Gasteiger partial charge in [-0.2, -0.15) is 0 Å². The predicted molar refractivity (Wildman–Crippen MR) is 68.9 cm³/mol. The Labute approximate surface area is 101 Å². The van der Waals surface area contributed by atoms with E-state index in [1.807, 2.05) is 39.0 Å². The van der Waals surface area contributed by atoms with Crippen LogP contribution < -0.4 is 4.74 Å². The fourth-order valence-electron chi connectivity index (χ4n) is 2.26. The number of carbonyl (C=O) groups is 1. The number of ether oxygens (including phenoxy) is 1. The van der Waals surface area contributed by atoms with E-state index in [1.54, 1.807) is 11.5 Å². The molecule has 3 heteroatoms. The lowest BCUT2D eigenvalue weighted by Gasteiger charge is -2.08. The number of hydrogen-bond acceptors (Lipinski definition) is 2. The zero-order valence-corrected chi connectivity index (χ0v) is 10.7. The van der Waals surface area contributed by atoms with Crippen LogP contribution in [0.25, 0.3) is 10.9 Å². The second-order valence-electron chi connectivity index (χ2n) is 4.19. The quantitative estimate of drug-likeness (QED) is 0.794. The molecule has 1 heterocycles. The average molecular weight is 231 g/mol. The molecule has 0 spiro atoms. The van der Waals surface area contributed by atoms with E-state index in [0.717, 1.165) is 27.9 Å². The third kappa shape index (κ3) is 1.82. The average Bonchev–Trinajstić information content (AvgIpc) is 2.60. The molecule has 0 unspecified atom stereocenters. The summed E-state index contributed by atoms with van der Waals surface area (Å²) in [6.45, 7) is 8.17. The van der Waals surface area contributed by atoms with Crippen LogP contribution in [-0.2, 0) is 0 Å². The molecule has 2 aromatic rings. The van der Waals surface area contributed by atoms with Crippen LogP contribution in [0, 0.1) is 13.8 Å². The first-order valence-electron chi connectivity index (χ1n) is 5.81. The summed E-state index contributed by atoms with van der Waals surface area (Å²) >= 11 is 0. The Morgan fingerprint density at radius 1 is 1.35 bits per heavy atom. The van der Waals surface area contributed by atoms with E-state index < -0.39 is 0 Å². The minimum absolute atomic E-state index is 0.0426. The fraction of sp³-hybridized carbons (Fsp3) is 0.357. The van der Waals surface area contributed by atoms with Gasteiger partial charge in [-0.05, 0) is 39.0 Å². The van der Waals surface area contributed by atoms with E-state index in [0.29, 0.717) is 6.61 Å². The Bertz CT molecular complexity index is 581. The van der Waals surface area contributed by atoms with Gasteiger partial charge in [0, 0.05) is 23.6 Å². The fourth-order valence-corrected chi connectivity index (χ4v) is 2.26. The highest BCUT2D eigenvalue weighted by molar-refractivity contribution is 5.95. The summed E-state index contributed by atoms with van der Waals surface area (Å²) in [4.78, 5) is 11.6. The molecule has 0 saturated heterocycles. The highest BCUT2D eigenvalue weighted by atomic mass is 16.5. The van der Waals surface area contributed by atoms with E-state index in [9.17, 15) is 4.79 Å². The van der Waals surface area contributed by atoms with E-state index in [1.165, 1.54) is 0 Å². The SMILES string of the molecule is CCOc1ccc2c(cc(C)n2C(C)=O)c1C. The maximum Gasteiger partial charge on any atom is 0.228 e. The number of hydrogen-bond donors (Lipinski definition) is 0. The van der Waals surface area contributed by atoms with Gasteiger partial charge in [-0.3, -0.25) is 9.36 Å². The third-order valence-corrected chi connectivity index (χ3v) is 3.00. The number of carbonyl (C=O) groups excluding carboxylic acids is 1. The molecule has 0 fully saturated rings. The van der Waals surface area contributed by atoms with Gasteiger partial charge in [0.15, 0.2) is 0 Å². The minimum Gasteiger partial charge on any atom is -0.494 e. The number of benzene rings is 1. The summed E-state index contributed by atoms with van der Waals surface area (Å²) in [7, 11) is 0. The molecule has 0 saturated carbocycles. The molecule has 0 amide bonds. The van der Waals surface area contributed by atoms with Crippen molar-refractivity contribution in [2.75, 3.05) is 6.61 Å². The van der Waals surface area contributed by atoms with Crippen LogP contribution in [0.15, 0.2) is 18.2 Å². The van der Waals surface area contributed by atoms with Gasteiger partial charge in [-0.15, -0.1) is 0 Å². The van der Waals surface area contributed by atoms with Crippen LogP contribution in [0.1, 0.15) is 29.9 Å². The Balaban J connectivity index is 2.72. The summed E-state index contributed by atoms with van der Waals surface area (Å²) in [5, 5.41) is 1.09. The molecule has 17 heavy (non-hydrogen) atoms. The third-order valence-electron chi connectivity index (χ3n) is 3.00. The molecule has 90 valence electrons. The first-order chi connectivity index (χ1) is 8.06. The summed E-state index contributed by atoms with van der Waals surface area (Å²) in [6.07, 6.45) is 0. The van der Waals surface area contributed by atoms with Gasteiger partial charge in [-0.1, -0.05) is 0 Å². The van der Waals surface area contributed by atoms with Crippen molar-refractivity contribution in [1.82, 2.24) is 4.57 Å². The van der Waals surface area contributed by atoms with E-state index >= 15 is 0 Å². The lowest BCUT2D eigenvalue weighted by atomic mass is 10.1. The molecule has 1 aromatic carbocycles. The lowest BCUT2D eigenvalue weighted by molar-refractivity contribution is 0.0940. The maximum absolute atomic E-state index is 11.6. The zero-order valence-electron chi connectivity index (χ0n) is 10.7. The van der Waals surface area contributed by atoms with Gasteiger partial charge in [0.25, 0.3) is 0 Å². The largest absolute Gasteiger partial charge is 0.494 e. The summed E-state index contributed by atoms with van der Waals surface area (Å²) in [5.41, 5.74) is 3.01. The van der Waals surface area contributed by atoms with E-state index in [-0.39, 0.29) is 5.91 Å². The summed E-state index contributed by atoms with van der Waals surface area (Å²) in [6, 6.07) is 5.91. The van der Waals surface area contributed by atoms with E-state index in [2.05, 4.69) is 0 Å². The van der Waals surface area contributed by atoms with Crippen LogP contribution in [0.2, 0.25) is 0 Å². The van der Waals surface area contributed by atoms with Crippen molar-refractivity contribution in [3.63, 3.8) is 0 Å². The van der Waals surface area contributed by atoms with Crippen LogP contribution in [0.3, 0.4) is 0 Å². The van der Waals surface area contributed by atoms with Crippen molar-refractivity contribution >= 4 is 16.8 Å². The normalized spacial score (nSPS) is 10.8. The van der Waals surface area contributed by atoms with Gasteiger partial charge in [-0.25, -0.2) is 0 Å². The summed E-state index contributed by atoms with van der Waals surface area (Å²) in [5.74, 6) is 0.932. The Hall–Kier alpha value is -1.77. The van der Waals surface area contributed by atoms with Crippen molar-refractivity contribution in [2.24, 2.45) is 0 Å². The van der Waals surface area contributed by atoms with Gasteiger partial charge in [0.1, 0.15) is 5.75 Å². The second-order valence-corrected chi connectivity index (χ2v) is 4.19. The number of aromatic nitrogens is 1. The first-order valence-corrected chi connectivity index (χ1v) is 5.81. The van der Waals surface area contributed by atoms with Crippen molar-refractivity contribution in [3.8, 4) is 5.75 Å². The molecule has 0 bridgehead atoms. The smallest absolute Gasteiger partial charge is 0.228 e. The molecule has 3 nitrogen and oxygen atoms in total. The van der Waals surface area contributed by atoms with Crippen LogP contribution in [-0.4, -0.2) is 17.1 Å². The molecular weight excluding hydrogens is 214 g/mol. The van der Waals surface area contributed by atoms with Gasteiger partial charge < -0.3 is 4.74 Å². The number of nitrogens with zero attached hydrogens (tertiary/aromatic N) is 1. The zero-order chi connectivity index (χ0) is 12.6. The molecule has 0 aliphatic rings. The van der Waals surface area contributed by atoms with Gasteiger partial charge in [0.05, 0.1) is 12.1 Å². The van der Waals surface area contributed by atoms with Gasteiger partial charge in [0.2, 0.25) is 5.91 Å². The van der Waals surface area contributed by atoms with Crippen LogP contribution in [0.4, 0.5) is 0 Å². The van der Waals surface area contributed by atoms with Gasteiger partial charge >= 0.3 is 0 Å². The molecule has 0 aliphatic heterocycles. The summed E-state index contributed by atoms with van der Waals surface area (Å²) < 4.78 is 7.29. The number of aryl methyl sites for hydroxylation is 2. The molecule has 0 aliphatic carbocycles. The lowest BCUT2D eigenvalue weighted by Crippen LogP contribution is -2.06. The topological polar surface area (TPSA) is 31.2 Å². The molecule has 0 N–H and O–H groups in total. The number of rotatable bonds is 2. The van der Waals surface area contributed by atoms with Crippen molar-refractivity contribution in [2.45, 2.75) is 27.7 Å². The minimum atomic E-state index is 0.0426. The standard InChI is InChI=1S/C14H17NO2/c1-5-17-14-7-6-13-12(10(14)3)8-9(2)15(13)11(4)16/h6-8H,5H2,1-4H3. The molecule has 1 aromatic heterocycles. The maximum atomic E-state index is 11.6. The van der Waals surface area contributed by atoms with Crippen LogP contribution in [0.5, 0.6) is 5.75 Å². The second kappa shape index (κ2) is 4.24. The molecule has 0 atom stereocenters. The first kappa shape index (κ1) is 11.7. The Morgan fingerprint density at radius 2 is 2.06 bits per heavy atom. The van der Waals surface area contributed by atoms with Crippen molar-refractivity contribution < 1.29 is 9.53 Å². The highest BCUT2D eigenvalue weighted by Crippen LogP contribution is 2.29.